The fourth-order valence-corrected chi connectivity index (χ4v) is 4.29. The number of pyridine rings is 1. The molecule has 7 nitrogen and oxygen atoms in total. The Bertz CT molecular complexity index is 1100. The van der Waals surface area contributed by atoms with Crippen LogP contribution in [0.1, 0.15) is 61.0 Å². The largest absolute Gasteiger partial charge is 0.481 e. The van der Waals surface area contributed by atoms with Crippen LogP contribution in [0.5, 0.6) is 5.75 Å². The van der Waals surface area contributed by atoms with E-state index in [1.807, 2.05) is 39.0 Å². The van der Waals surface area contributed by atoms with Crippen LogP contribution in [-0.2, 0) is 11.2 Å². The average molecular weight is 421 g/mol. The van der Waals surface area contributed by atoms with Gasteiger partial charge in [-0.25, -0.2) is 4.79 Å². The number of aryl methyl sites for hydroxylation is 3. The van der Waals surface area contributed by atoms with Crippen LogP contribution in [0.15, 0.2) is 28.8 Å². The molecule has 162 valence electrons. The molecule has 1 fully saturated rings. The van der Waals surface area contributed by atoms with E-state index >= 15 is 0 Å². The molecule has 31 heavy (non-hydrogen) atoms. The van der Waals surface area contributed by atoms with E-state index in [0.717, 1.165) is 33.6 Å². The molecule has 0 amide bonds. The standard InChI is InChI=1S/C24H27N3O4/c1-4-16-11-18(9-14(2)22(16)30-13-21(28)29)23-26-24(31-27-23)19-10-15(3)25-20(12-19)17-7-5-6-8-17/h9-12,17H,4-8,13H2,1-3H3,(H,28,29). The minimum atomic E-state index is -1.00. The van der Waals surface area contributed by atoms with Gasteiger partial charge in [-0.15, -0.1) is 0 Å². The van der Waals surface area contributed by atoms with Gasteiger partial charge in [-0.2, -0.15) is 4.98 Å². The molecule has 1 saturated carbocycles. The quantitative estimate of drug-likeness (QED) is 0.567. The van der Waals surface area contributed by atoms with Crippen LogP contribution < -0.4 is 4.74 Å². The van der Waals surface area contributed by atoms with Gasteiger partial charge >= 0.3 is 5.97 Å². The van der Waals surface area contributed by atoms with Crippen molar-refractivity contribution < 1.29 is 19.2 Å². The predicted molar refractivity (Wildman–Crippen MR) is 116 cm³/mol. The SMILES string of the molecule is CCc1cc(-c2noc(-c3cc(C)nc(C4CCCC4)c3)n2)cc(C)c1OCC(=O)O. The van der Waals surface area contributed by atoms with Gasteiger partial charge in [-0.1, -0.05) is 24.9 Å². The minimum Gasteiger partial charge on any atom is -0.481 e. The van der Waals surface area contributed by atoms with Gasteiger partial charge in [0.05, 0.1) is 0 Å². The highest BCUT2D eigenvalue weighted by molar-refractivity contribution is 5.69. The molecule has 3 aromatic rings. The van der Waals surface area contributed by atoms with E-state index in [9.17, 15) is 4.79 Å². The van der Waals surface area contributed by atoms with Crippen molar-refractivity contribution in [3.8, 4) is 28.6 Å². The van der Waals surface area contributed by atoms with Gasteiger partial charge in [0.15, 0.2) is 6.61 Å². The van der Waals surface area contributed by atoms with Gasteiger partial charge < -0.3 is 14.4 Å². The lowest BCUT2D eigenvalue weighted by Gasteiger charge is -2.13. The molecule has 7 heteroatoms. The predicted octanol–water partition coefficient (Wildman–Crippen LogP) is 5.10. The Hall–Kier alpha value is -3.22. The zero-order valence-electron chi connectivity index (χ0n) is 18.1. The maximum atomic E-state index is 10.9. The lowest BCUT2D eigenvalue weighted by atomic mass is 10.0. The first-order chi connectivity index (χ1) is 14.9. The van der Waals surface area contributed by atoms with Crippen molar-refractivity contribution >= 4 is 5.97 Å². The maximum absolute atomic E-state index is 10.9. The second kappa shape index (κ2) is 8.88. The first-order valence-electron chi connectivity index (χ1n) is 10.8. The summed E-state index contributed by atoms with van der Waals surface area (Å²) in [7, 11) is 0. The Morgan fingerprint density at radius 1 is 1.13 bits per heavy atom. The smallest absolute Gasteiger partial charge is 0.341 e. The first-order valence-corrected chi connectivity index (χ1v) is 10.8. The molecule has 0 unspecified atom stereocenters. The highest BCUT2D eigenvalue weighted by Crippen LogP contribution is 2.35. The van der Waals surface area contributed by atoms with Crippen molar-refractivity contribution in [2.45, 2.75) is 58.8 Å². The third-order valence-electron chi connectivity index (χ3n) is 5.75. The summed E-state index contributed by atoms with van der Waals surface area (Å²) >= 11 is 0. The highest BCUT2D eigenvalue weighted by Gasteiger charge is 2.21. The summed E-state index contributed by atoms with van der Waals surface area (Å²) in [4.78, 5) is 20.3. The fraction of sp³-hybridized carbons (Fsp3) is 0.417. The van der Waals surface area contributed by atoms with Crippen molar-refractivity contribution in [2.24, 2.45) is 0 Å². The van der Waals surface area contributed by atoms with E-state index in [-0.39, 0.29) is 6.61 Å². The van der Waals surface area contributed by atoms with Crippen LogP contribution in [0.3, 0.4) is 0 Å². The summed E-state index contributed by atoms with van der Waals surface area (Å²) in [6, 6.07) is 7.88. The van der Waals surface area contributed by atoms with Crippen LogP contribution in [0.4, 0.5) is 0 Å². The number of hydrogen-bond donors (Lipinski definition) is 1. The molecule has 1 aliphatic carbocycles. The summed E-state index contributed by atoms with van der Waals surface area (Å²) in [5, 5.41) is 13.1. The Morgan fingerprint density at radius 3 is 2.61 bits per heavy atom. The van der Waals surface area contributed by atoms with Crippen LogP contribution >= 0.6 is 0 Å². The molecule has 1 aliphatic rings. The van der Waals surface area contributed by atoms with Gasteiger partial charge in [0.2, 0.25) is 5.82 Å². The highest BCUT2D eigenvalue weighted by atomic mass is 16.5. The van der Waals surface area contributed by atoms with E-state index in [0.29, 0.717) is 29.8 Å². The Kier molecular flexibility index (Phi) is 6.02. The van der Waals surface area contributed by atoms with Crippen molar-refractivity contribution in [3.63, 3.8) is 0 Å². The van der Waals surface area contributed by atoms with E-state index in [2.05, 4.69) is 16.2 Å². The number of rotatable bonds is 7. The molecule has 0 atom stereocenters. The number of nitrogens with zero attached hydrogens (tertiary/aromatic N) is 3. The monoisotopic (exact) mass is 421 g/mol. The van der Waals surface area contributed by atoms with Gasteiger partial charge in [0.1, 0.15) is 5.75 Å². The van der Waals surface area contributed by atoms with Gasteiger partial charge in [-0.3, -0.25) is 4.98 Å². The number of carbonyl (C=O) groups is 1. The molecular formula is C24H27N3O4. The molecule has 0 aliphatic heterocycles. The van der Waals surface area contributed by atoms with E-state index in [1.54, 1.807) is 0 Å². The third kappa shape index (κ3) is 4.60. The summed E-state index contributed by atoms with van der Waals surface area (Å²) in [6.07, 6.45) is 5.57. The van der Waals surface area contributed by atoms with E-state index in [1.165, 1.54) is 25.7 Å². The van der Waals surface area contributed by atoms with Crippen LogP contribution in [0, 0.1) is 13.8 Å². The molecule has 0 radical (unpaired) electrons. The summed E-state index contributed by atoms with van der Waals surface area (Å²) in [6.45, 7) is 5.51. The normalized spacial score (nSPS) is 14.2. The zero-order chi connectivity index (χ0) is 22.0. The van der Waals surface area contributed by atoms with E-state index in [4.69, 9.17) is 19.4 Å². The number of carboxylic acids is 1. The van der Waals surface area contributed by atoms with Crippen LogP contribution in [-0.4, -0.2) is 32.8 Å². The van der Waals surface area contributed by atoms with Crippen molar-refractivity contribution in [2.75, 3.05) is 6.61 Å². The Labute approximate surface area is 181 Å². The van der Waals surface area contributed by atoms with E-state index < -0.39 is 5.97 Å². The van der Waals surface area contributed by atoms with Gasteiger partial charge in [0, 0.05) is 28.4 Å². The van der Waals surface area contributed by atoms with Gasteiger partial charge in [0.25, 0.3) is 5.89 Å². The summed E-state index contributed by atoms with van der Waals surface area (Å²) in [5.74, 6) is 1.08. The fourth-order valence-electron chi connectivity index (χ4n) is 4.29. The van der Waals surface area contributed by atoms with Crippen molar-refractivity contribution in [1.82, 2.24) is 15.1 Å². The third-order valence-corrected chi connectivity index (χ3v) is 5.75. The second-order valence-corrected chi connectivity index (χ2v) is 8.14. The number of ether oxygens (including phenoxy) is 1. The lowest BCUT2D eigenvalue weighted by Crippen LogP contribution is -2.11. The number of aromatic nitrogens is 3. The molecule has 2 heterocycles. The lowest BCUT2D eigenvalue weighted by molar-refractivity contribution is -0.139. The molecule has 0 saturated heterocycles. The average Bonchev–Trinajstić information content (AvgIpc) is 3.44. The molecular weight excluding hydrogens is 394 g/mol. The first kappa shape index (κ1) is 21.0. The molecule has 1 aromatic carbocycles. The Balaban J connectivity index is 1.65. The topological polar surface area (TPSA) is 98.3 Å². The number of hydrogen-bond acceptors (Lipinski definition) is 6. The van der Waals surface area contributed by atoms with Crippen molar-refractivity contribution in [3.05, 3.63) is 46.8 Å². The van der Waals surface area contributed by atoms with Crippen LogP contribution in [0.2, 0.25) is 0 Å². The molecule has 0 spiro atoms. The summed E-state index contributed by atoms with van der Waals surface area (Å²) in [5.41, 5.74) is 5.51. The molecule has 1 N–H and O–H groups in total. The van der Waals surface area contributed by atoms with Crippen LogP contribution in [0.25, 0.3) is 22.8 Å². The molecule has 0 bridgehead atoms. The minimum absolute atomic E-state index is 0.371. The molecule has 4 rings (SSSR count). The summed E-state index contributed by atoms with van der Waals surface area (Å²) < 4.78 is 11.1. The number of carboxylic acid groups (broad SMARTS) is 1. The van der Waals surface area contributed by atoms with Crippen molar-refractivity contribution in [1.29, 1.82) is 0 Å². The molecule has 2 aromatic heterocycles. The number of aliphatic carboxylic acids is 1. The Morgan fingerprint density at radius 2 is 1.90 bits per heavy atom. The zero-order valence-corrected chi connectivity index (χ0v) is 18.1. The second-order valence-electron chi connectivity index (χ2n) is 8.14. The van der Waals surface area contributed by atoms with Gasteiger partial charge in [-0.05, 0) is 68.5 Å². The number of benzene rings is 1. The maximum Gasteiger partial charge on any atom is 0.341 e.